The first kappa shape index (κ1) is 29.0. The molecule has 0 fully saturated rings. The Labute approximate surface area is 236 Å². The van der Waals surface area contributed by atoms with Gasteiger partial charge in [0.05, 0.1) is 24.1 Å². The topological polar surface area (TPSA) is 115 Å². The fraction of sp³-hybridized carbons (Fsp3) is 0.519. The van der Waals surface area contributed by atoms with Gasteiger partial charge in [-0.2, -0.15) is 5.10 Å². The van der Waals surface area contributed by atoms with Gasteiger partial charge in [-0.3, -0.25) is 19.2 Å². The van der Waals surface area contributed by atoms with Gasteiger partial charge in [0, 0.05) is 43.9 Å². The van der Waals surface area contributed by atoms with Crippen molar-refractivity contribution >= 4 is 57.1 Å². The number of carbonyl (C=O) groups excluding carboxylic acids is 3. The number of methoxy groups -OCH3 is 1. The minimum absolute atomic E-state index is 0.0372. The van der Waals surface area contributed by atoms with E-state index in [1.54, 1.807) is 49.1 Å². The van der Waals surface area contributed by atoms with E-state index in [2.05, 4.69) is 22.3 Å². The molecule has 0 saturated carbocycles. The number of amides is 2. The molecule has 2 aliphatic rings. The van der Waals surface area contributed by atoms with Gasteiger partial charge in [-0.1, -0.05) is 25.1 Å². The molecule has 2 aromatic rings. The van der Waals surface area contributed by atoms with E-state index < -0.39 is 5.97 Å². The summed E-state index contributed by atoms with van der Waals surface area (Å²) in [5.74, 6) is -0.267. The quantitative estimate of drug-likeness (QED) is 0.244. The van der Waals surface area contributed by atoms with E-state index in [-0.39, 0.29) is 24.2 Å². The number of ether oxygens (including phenoxy) is 2. The van der Waals surface area contributed by atoms with Gasteiger partial charge in [0.15, 0.2) is 5.17 Å². The molecule has 0 unspecified atom stereocenters. The molecule has 1 N–H and O–H groups in total. The van der Waals surface area contributed by atoms with Crippen LogP contribution in [0.25, 0.3) is 6.08 Å². The molecule has 2 amide bonds. The number of carbonyl (C=O) groups is 3. The number of aryl methyl sites for hydroxylation is 1. The summed E-state index contributed by atoms with van der Waals surface area (Å²) in [5.41, 5.74) is 2.56. The third kappa shape index (κ3) is 6.98. The molecule has 10 nitrogen and oxygen atoms in total. The molecule has 39 heavy (non-hydrogen) atoms. The Morgan fingerprint density at radius 3 is 2.85 bits per heavy atom. The van der Waals surface area contributed by atoms with Gasteiger partial charge in [0.25, 0.3) is 5.91 Å². The normalized spacial score (nSPS) is 17.9. The molecule has 0 saturated heterocycles. The Morgan fingerprint density at radius 1 is 1.33 bits per heavy atom. The lowest BCUT2D eigenvalue weighted by Crippen LogP contribution is -2.32. The first-order valence-electron chi connectivity index (χ1n) is 13.2. The molecular weight excluding hydrogens is 538 g/mol. The molecule has 4 rings (SSSR count). The summed E-state index contributed by atoms with van der Waals surface area (Å²) < 4.78 is 12.1. The van der Waals surface area contributed by atoms with Gasteiger partial charge in [0.1, 0.15) is 10.7 Å². The zero-order valence-electron chi connectivity index (χ0n) is 22.8. The van der Waals surface area contributed by atoms with Gasteiger partial charge in [-0.25, -0.2) is 9.79 Å². The molecular formula is C27H35N5O5S2. The van der Waals surface area contributed by atoms with Crippen molar-refractivity contribution < 1.29 is 23.9 Å². The Kier molecular flexibility index (Phi) is 9.98. The predicted molar refractivity (Wildman–Crippen MR) is 154 cm³/mol. The van der Waals surface area contributed by atoms with Crippen LogP contribution in [-0.2, 0) is 39.0 Å². The van der Waals surface area contributed by atoms with Crippen LogP contribution >= 0.6 is 23.1 Å². The van der Waals surface area contributed by atoms with Crippen molar-refractivity contribution in [1.29, 1.82) is 0 Å². The molecule has 1 aliphatic heterocycles. The summed E-state index contributed by atoms with van der Waals surface area (Å²) in [6.45, 7) is 5.15. The lowest BCUT2D eigenvalue weighted by Gasteiger charge is -2.20. The number of nitrogens with zero attached hydrogens (tertiary/aromatic N) is 4. The second-order valence-electron chi connectivity index (χ2n) is 9.46. The third-order valence-electron chi connectivity index (χ3n) is 6.68. The van der Waals surface area contributed by atoms with E-state index in [4.69, 9.17) is 9.47 Å². The van der Waals surface area contributed by atoms with Gasteiger partial charge in [-0.05, 0) is 50.2 Å². The lowest BCUT2D eigenvalue weighted by atomic mass is 9.85. The SMILES string of the molecule is CCOC(=O)c1c(NC(=O)CSC2=N/C(=C/c3cnn(C)c3)C(=O)N2CCCOC)sc2c1CC[C@@H](CC)C2. The number of hydrogen-bond donors (Lipinski definition) is 1. The van der Waals surface area contributed by atoms with Crippen LogP contribution in [0.3, 0.4) is 0 Å². The molecule has 1 aliphatic carbocycles. The summed E-state index contributed by atoms with van der Waals surface area (Å²) in [6.07, 6.45) is 9.62. The van der Waals surface area contributed by atoms with E-state index in [1.165, 1.54) is 23.1 Å². The second kappa shape index (κ2) is 13.4. The van der Waals surface area contributed by atoms with Crippen LogP contribution in [0.15, 0.2) is 23.1 Å². The maximum absolute atomic E-state index is 13.1. The molecule has 0 aromatic carbocycles. The third-order valence-corrected chi connectivity index (χ3v) is 8.83. The average Bonchev–Trinajstić information content (AvgIpc) is 3.58. The van der Waals surface area contributed by atoms with Crippen LogP contribution in [0.5, 0.6) is 0 Å². The zero-order valence-corrected chi connectivity index (χ0v) is 24.5. The molecule has 0 bridgehead atoms. The van der Waals surface area contributed by atoms with E-state index in [0.717, 1.165) is 41.7 Å². The number of thioether (sulfide) groups is 1. The number of rotatable bonds is 11. The number of anilines is 1. The maximum Gasteiger partial charge on any atom is 0.341 e. The largest absolute Gasteiger partial charge is 0.462 e. The van der Waals surface area contributed by atoms with Crippen molar-refractivity contribution in [3.8, 4) is 0 Å². The molecule has 0 spiro atoms. The summed E-state index contributed by atoms with van der Waals surface area (Å²) in [5, 5.41) is 8.09. The van der Waals surface area contributed by atoms with Crippen molar-refractivity contribution in [3.63, 3.8) is 0 Å². The average molecular weight is 574 g/mol. The summed E-state index contributed by atoms with van der Waals surface area (Å²) in [4.78, 5) is 46.3. The summed E-state index contributed by atoms with van der Waals surface area (Å²) >= 11 is 2.67. The molecule has 1 atom stereocenters. The van der Waals surface area contributed by atoms with Gasteiger partial charge < -0.3 is 14.8 Å². The Morgan fingerprint density at radius 2 is 2.15 bits per heavy atom. The van der Waals surface area contributed by atoms with Gasteiger partial charge in [-0.15, -0.1) is 11.3 Å². The number of aliphatic imine (C=N–C) groups is 1. The number of fused-ring (bicyclic) bond motifs is 1. The molecule has 3 heterocycles. The zero-order chi connectivity index (χ0) is 27.9. The first-order chi connectivity index (χ1) is 18.8. The Hall–Kier alpha value is -2.96. The smallest absolute Gasteiger partial charge is 0.341 e. The van der Waals surface area contributed by atoms with Crippen molar-refractivity contribution in [2.75, 3.05) is 37.9 Å². The molecule has 12 heteroatoms. The predicted octanol–water partition coefficient (Wildman–Crippen LogP) is 4.12. The monoisotopic (exact) mass is 573 g/mol. The number of hydrogen-bond acceptors (Lipinski definition) is 9. The van der Waals surface area contributed by atoms with E-state index >= 15 is 0 Å². The Bertz CT molecular complexity index is 1280. The highest BCUT2D eigenvalue weighted by atomic mass is 32.2. The molecule has 210 valence electrons. The first-order valence-corrected chi connectivity index (χ1v) is 15.0. The minimum Gasteiger partial charge on any atom is -0.462 e. The van der Waals surface area contributed by atoms with Crippen molar-refractivity contribution in [2.45, 2.75) is 46.0 Å². The highest BCUT2D eigenvalue weighted by Crippen LogP contribution is 2.41. The minimum atomic E-state index is -0.395. The van der Waals surface area contributed by atoms with Crippen LogP contribution < -0.4 is 5.32 Å². The highest BCUT2D eigenvalue weighted by molar-refractivity contribution is 8.14. The highest BCUT2D eigenvalue weighted by Gasteiger charge is 2.32. The fourth-order valence-electron chi connectivity index (χ4n) is 4.68. The number of nitrogens with one attached hydrogen (secondary N) is 1. The number of thiophene rings is 1. The standard InChI is InChI=1S/C27H35N5O5S2/c1-5-17-8-9-19-21(13-17)39-24(23(19)26(35)37-6-2)30-22(33)16-38-27-29-20(12-18-14-28-31(3)15-18)25(34)32(27)10-7-11-36-4/h12,14-15,17H,5-11,13,16H2,1-4H3,(H,30,33)/b20-12+/t17-/m1/s1. The van der Waals surface area contributed by atoms with Crippen LogP contribution in [0.4, 0.5) is 5.00 Å². The molecule has 0 radical (unpaired) electrons. The van der Waals surface area contributed by atoms with Gasteiger partial charge in [0.2, 0.25) is 5.91 Å². The number of aromatic nitrogens is 2. The summed E-state index contributed by atoms with van der Waals surface area (Å²) in [7, 11) is 3.42. The van der Waals surface area contributed by atoms with E-state index in [0.29, 0.717) is 46.9 Å². The lowest BCUT2D eigenvalue weighted by molar-refractivity contribution is -0.122. The fourth-order valence-corrected chi connectivity index (χ4v) is 6.87. The van der Waals surface area contributed by atoms with E-state index in [9.17, 15) is 14.4 Å². The number of amidine groups is 1. The van der Waals surface area contributed by atoms with Crippen molar-refractivity contribution in [2.24, 2.45) is 18.0 Å². The van der Waals surface area contributed by atoms with Crippen LogP contribution in [-0.4, -0.2) is 70.3 Å². The maximum atomic E-state index is 13.1. The van der Waals surface area contributed by atoms with Crippen molar-refractivity contribution in [1.82, 2.24) is 14.7 Å². The van der Waals surface area contributed by atoms with Crippen LogP contribution in [0.1, 0.15) is 59.5 Å². The summed E-state index contributed by atoms with van der Waals surface area (Å²) in [6, 6.07) is 0. The molecule has 2 aromatic heterocycles. The van der Waals surface area contributed by atoms with E-state index in [1.807, 2.05) is 0 Å². The Balaban J connectivity index is 1.49. The van der Waals surface area contributed by atoms with Crippen LogP contribution in [0, 0.1) is 5.92 Å². The second-order valence-corrected chi connectivity index (χ2v) is 11.5. The van der Waals surface area contributed by atoms with Crippen LogP contribution in [0.2, 0.25) is 0 Å². The van der Waals surface area contributed by atoms with Crippen molar-refractivity contribution in [3.05, 3.63) is 39.7 Å². The number of esters is 1. The van der Waals surface area contributed by atoms with Gasteiger partial charge >= 0.3 is 5.97 Å².